The third-order valence-corrected chi connectivity index (χ3v) is 4.96. The molecule has 1 N–H and O–H groups in total. The van der Waals surface area contributed by atoms with Gasteiger partial charge in [-0.2, -0.15) is 0 Å². The minimum absolute atomic E-state index is 0.0660. The van der Waals surface area contributed by atoms with Crippen LogP contribution in [0, 0.1) is 5.82 Å². The van der Waals surface area contributed by atoms with Crippen LogP contribution >= 0.6 is 11.8 Å². The summed E-state index contributed by atoms with van der Waals surface area (Å²) in [6, 6.07) is 16.4. The normalized spacial score (nSPS) is 12.2. The van der Waals surface area contributed by atoms with Crippen LogP contribution in [-0.4, -0.2) is 14.8 Å². The molecule has 3 aromatic rings. The summed E-state index contributed by atoms with van der Waals surface area (Å²) in [4.78, 5) is 12.0. The van der Waals surface area contributed by atoms with Crippen LogP contribution in [0.3, 0.4) is 0 Å². The number of nitrogens with zero attached hydrogens (tertiary/aromatic N) is 2. The summed E-state index contributed by atoms with van der Waals surface area (Å²) < 4.78 is 14.7. The quantitative estimate of drug-likeness (QED) is 0.693. The molecule has 0 amide bonds. The summed E-state index contributed by atoms with van der Waals surface area (Å²) in [5.41, 5.74) is 1.96. The lowest BCUT2D eigenvalue weighted by Crippen LogP contribution is -2.19. The molecular weight excluding hydrogens is 325 g/mol. The van der Waals surface area contributed by atoms with Crippen molar-refractivity contribution in [3.63, 3.8) is 0 Å². The molecule has 1 aromatic heterocycles. The van der Waals surface area contributed by atoms with Crippen LogP contribution in [0.4, 0.5) is 4.39 Å². The molecule has 0 saturated heterocycles. The predicted molar refractivity (Wildman–Crippen MR) is 93.7 cm³/mol. The van der Waals surface area contributed by atoms with E-state index in [1.54, 1.807) is 16.7 Å². The third-order valence-electron chi connectivity index (χ3n) is 3.81. The second-order valence-electron chi connectivity index (χ2n) is 5.51. The average Bonchev–Trinajstić information content (AvgIpc) is 2.94. The molecule has 24 heavy (non-hydrogen) atoms. The Kier molecular flexibility index (Phi) is 5.15. The number of benzene rings is 2. The van der Waals surface area contributed by atoms with Gasteiger partial charge in [-0.3, -0.25) is 4.57 Å². The summed E-state index contributed by atoms with van der Waals surface area (Å²) in [6.07, 6.45) is 0.763. The highest BCUT2D eigenvalue weighted by molar-refractivity contribution is 7.99. The Balaban J connectivity index is 1.72. The van der Waals surface area contributed by atoms with Crippen molar-refractivity contribution in [2.75, 3.05) is 0 Å². The molecule has 4 nitrogen and oxygen atoms in total. The zero-order chi connectivity index (χ0) is 16.9. The van der Waals surface area contributed by atoms with Gasteiger partial charge in [0.2, 0.25) is 0 Å². The van der Waals surface area contributed by atoms with Gasteiger partial charge < -0.3 is 0 Å². The molecule has 0 aliphatic carbocycles. The van der Waals surface area contributed by atoms with Gasteiger partial charge in [-0.25, -0.2) is 14.3 Å². The molecule has 6 heteroatoms. The number of rotatable bonds is 6. The maximum Gasteiger partial charge on any atom is 0.343 e. The third kappa shape index (κ3) is 3.94. The van der Waals surface area contributed by atoms with Crippen molar-refractivity contribution in [2.45, 2.75) is 30.3 Å². The molecule has 1 atom stereocenters. The van der Waals surface area contributed by atoms with E-state index in [0.29, 0.717) is 11.7 Å². The second-order valence-corrected chi connectivity index (χ2v) is 6.82. The van der Waals surface area contributed by atoms with Gasteiger partial charge in [0.1, 0.15) is 5.82 Å². The molecule has 0 aliphatic rings. The van der Waals surface area contributed by atoms with Gasteiger partial charge in [0.15, 0.2) is 5.16 Å². The number of hydrogen-bond acceptors (Lipinski definition) is 3. The highest BCUT2D eigenvalue weighted by atomic mass is 32.2. The summed E-state index contributed by atoms with van der Waals surface area (Å²) >= 11 is 1.48. The molecule has 0 aliphatic heterocycles. The smallest absolute Gasteiger partial charge is 0.270 e. The van der Waals surface area contributed by atoms with Crippen LogP contribution < -0.4 is 5.69 Å². The molecule has 0 fully saturated rings. The number of halogens is 1. The number of aromatic nitrogens is 3. The zero-order valence-electron chi connectivity index (χ0n) is 13.3. The minimum atomic E-state index is -0.254. The Hall–Kier alpha value is -2.34. The fourth-order valence-electron chi connectivity index (χ4n) is 2.44. The van der Waals surface area contributed by atoms with Crippen molar-refractivity contribution < 1.29 is 4.39 Å². The monoisotopic (exact) mass is 343 g/mol. The molecule has 0 bridgehead atoms. The first-order valence-electron chi connectivity index (χ1n) is 7.75. The van der Waals surface area contributed by atoms with Gasteiger partial charge in [0, 0.05) is 11.8 Å². The average molecular weight is 343 g/mol. The maximum absolute atomic E-state index is 13.0. The first kappa shape index (κ1) is 16.5. The molecule has 1 heterocycles. The number of nitrogens with one attached hydrogen (secondary N) is 1. The predicted octanol–water partition coefficient (Wildman–Crippen LogP) is 3.81. The molecule has 0 saturated carbocycles. The van der Waals surface area contributed by atoms with Gasteiger partial charge >= 0.3 is 5.69 Å². The Morgan fingerprint density at radius 3 is 2.58 bits per heavy atom. The van der Waals surface area contributed by atoms with Crippen LogP contribution in [0.15, 0.2) is 64.5 Å². The Morgan fingerprint density at radius 1 is 1.17 bits per heavy atom. The zero-order valence-corrected chi connectivity index (χ0v) is 14.1. The van der Waals surface area contributed by atoms with E-state index in [2.05, 4.69) is 10.2 Å². The summed E-state index contributed by atoms with van der Waals surface area (Å²) in [5, 5.41) is 7.35. The minimum Gasteiger partial charge on any atom is -0.270 e. The number of thioether (sulfide) groups is 1. The largest absolute Gasteiger partial charge is 0.343 e. The van der Waals surface area contributed by atoms with E-state index in [0.717, 1.165) is 12.0 Å². The fraction of sp³-hybridized carbons (Fsp3) is 0.222. The van der Waals surface area contributed by atoms with Crippen LogP contribution in [-0.2, 0) is 13.0 Å². The van der Waals surface area contributed by atoms with E-state index >= 15 is 0 Å². The van der Waals surface area contributed by atoms with Gasteiger partial charge in [-0.1, -0.05) is 54.2 Å². The first-order valence-corrected chi connectivity index (χ1v) is 8.62. The van der Waals surface area contributed by atoms with Crippen molar-refractivity contribution in [2.24, 2.45) is 0 Å². The lowest BCUT2D eigenvalue weighted by molar-refractivity contribution is 0.615. The molecule has 124 valence electrons. The standard InChI is InChI=1S/C18H18FN3OS/c1-13(15-7-9-16(19)10-8-15)24-18-21-20-17(23)22(18)12-11-14-5-3-2-4-6-14/h2-10,13H,11-12H2,1H3,(H,20,23)/t13-/m1/s1. The molecular formula is C18H18FN3OS. The van der Waals surface area contributed by atoms with Crippen molar-refractivity contribution in [1.29, 1.82) is 0 Å². The lowest BCUT2D eigenvalue weighted by Gasteiger charge is -2.12. The van der Waals surface area contributed by atoms with Gasteiger partial charge in [0.25, 0.3) is 0 Å². The van der Waals surface area contributed by atoms with E-state index in [-0.39, 0.29) is 16.8 Å². The molecule has 0 unspecified atom stereocenters. The van der Waals surface area contributed by atoms with E-state index in [1.807, 2.05) is 37.3 Å². The van der Waals surface area contributed by atoms with E-state index in [1.165, 1.54) is 29.5 Å². The summed E-state index contributed by atoms with van der Waals surface area (Å²) in [6.45, 7) is 2.58. The molecule has 0 radical (unpaired) electrons. The number of H-pyrrole nitrogens is 1. The van der Waals surface area contributed by atoms with Crippen molar-refractivity contribution in [3.05, 3.63) is 82.0 Å². The number of hydrogen-bond donors (Lipinski definition) is 1. The Morgan fingerprint density at radius 2 is 1.88 bits per heavy atom. The van der Waals surface area contributed by atoms with Crippen LogP contribution in [0.25, 0.3) is 0 Å². The summed E-state index contributed by atoms with van der Waals surface area (Å²) in [5.74, 6) is -0.254. The van der Waals surface area contributed by atoms with E-state index < -0.39 is 0 Å². The first-order chi connectivity index (χ1) is 11.6. The number of aromatic amines is 1. The highest BCUT2D eigenvalue weighted by Crippen LogP contribution is 2.33. The topological polar surface area (TPSA) is 50.7 Å². The van der Waals surface area contributed by atoms with Gasteiger partial charge in [-0.15, -0.1) is 5.10 Å². The van der Waals surface area contributed by atoms with Gasteiger partial charge in [0.05, 0.1) is 0 Å². The number of aryl methyl sites for hydroxylation is 1. The maximum atomic E-state index is 13.0. The molecule has 3 rings (SSSR count). The van der Waals surface area contributed by atoms with Gasteiger partial charge in [-0.05, 0) is 36.6 Å². The highest BCUT2D eigenvalue weighted by Gasteiger charge is 2.14. The Bertz CT molecular complexity index is 843. The van der Waals surface area contributed by atoms with Crippen LogP contribution in [0.1, 0.15) is 23.3 Å². The Labute approximate surface area is 143 Å². The van der Waals surface area contributed by atoms with E-state index in [4.69, 9.17) is 0 Å². The van der Waals surface area contributed by atoms with Crippen molar-refractivity contribution in [1.82, 2.24) is 14.8 Å². The van der Waals surface area contributed by atoms with Crippen molar-refractivity contribution in [3.8, 4) is 0 Å². The van der Waals surface area contributed by atoms with Crippen LogP contribution in [0.5, 0.6) is 0 Å². The second kappa shape index (κ2) is 7.49. The molecule has 0 spiro atoms. The van der Waals surface area contributed by atoms with Crippen LogP contribution in [0.2, 0.25) is 0 Å². The van der Waals surface area contributed by atoms with Crippen molar-refractivity contribution >= 4 is 11.8 Å². The molecule has 2 aromatic carbocycles. The summed E-state index contributed by atoms with van der Waals surface area (Å²) in [7, 11) is 0. The fourth-order valence-corrected chi connectivity index (χ4v) is 3.45. The van der Waals surface area contributed by atoms with E-state index in [9.17, 15) is 9.18 Å². The SMILES string of the molecule is C[C@@H](Sc1n[nH]c(=O)n1CCc1ccccc1)c1ccc(F)cc1. The lowest BCUT2D eigenvalue weighted by atomic mass is 10.1.